The van der Waals surface area contributed by atoms with Crippen molar-refractivity contribution in [3.8, 4) is 22.5 Å². The summed E-state index contributed by atoms with van der Waals surface area (Å²) in [5, 5.41) is 14.5. The standard InChI is InChI=1S/C53H72N6O16S3/c1-4-59-46-43(58-53(59)64)32-76-44(46)13-6-5-11-36(60)12-9-22-71-24-26-73-28-29-74-27-25-72-23-20-37(61)31-34(51(62)56-3)10-7-8-21-57-52(63)35-14-15-38(33(2)30-35)45-39-16-18-41(54)49(77(65,66)67)47(39)75-48-40(45)17-19-42(55)50(48)78(68,69)70/h14-19,30,34,43-44,46,54H,4-13,20-29,31-32,55H2,1-3H3,(H,56,62)(H,57,63)(H,58,64)(H,65,66,67)(H,68,69,70)/p-1/t34-,43+,44+,46+/m1/s1. The summed E-state index contributed by atoms with van der Waals surface area (Å²) >= 11 is 1.93. The fraction of sp³-hybridized carbons (Fsp3) is 0.547. The predicted molar refractivity (Wildman–Crippen MR) is 287 cm³/mol. The number of nitrogens with zero attached hydrogens (tertiary/aromatic N) is 1. The number of ether oxygens (including phenoxy) is 4. The minimum absolute atomic E-state index is 0.0308. The number of hydrogen-bond donors (Lipinski definition) is 5. The number of likely N-dealkylation sites (N-methyl/N-ethyl adjacent to an activating group) is 1. The van der Waals surface area contributed by atoms with Crippen LogP contribution in [0.3, 0.4) is 0 Å². The van der Waals surface area contributed by atoms with Crippen LogP contribution in [-0.2, 0) is 53.6 Å². The Labute approximate surface area is 458 Å². The SMILES string of the molecule is CCN1C(=O)N[C@H]2CS[C@@H](CCCCC(=O)CCCOCCOCCOCCOCCC(=O)C[C@@H](CCCCNC(=O)c3ccc(-c4c5ccc(=[NH2+])c(S(=O)(=O)[O-])c-5oc5c(S(=O)(=O)[O-])c(N)ccc45)c(C)c3)C(=O)NC)[C@H]21. The summed E-state index contributed by atoms with van der Waals surface area (Å²) in [6.45, 7) is 7.45. The zero-order valence-electron chi connectivity index (χ0n) is 44.3. The van der Waals surface area contributed by atoms with E-state index in [1.54, 1.807) is 19.1 Å². The van der Waals surface area contributed by atoms with Crippen molar-refractivity contribution in [1.82, 2.24) is 20.9 Å². The number of carbonyl (C=O) groups is 5. The second-order valence-electron chi connectivity index (χ2n) is 19.2. The molecule has 0 unspecified atom stereocenters. The van der Waals surface area contributed by atoms with Crippen molar-refractivity contribution in [3.63, 3.8) is 0 Å². The molecule has 7 N–H and O–H groups in total. The molecule has 0 saturated carbocycles. The highest BCUT2D eigenvalue weighted by Gasteiger charge is 2.47. The van der Waals surface area contributed by atoms with Gasteiger partial charge in [0.05, 0.1) is 64.0 Å². The topological polar surface area (TPSA) is 341 Å². The summed E-state index contributed by atoms with van der Waals surface area (Å²) in [5.74, 6) is -0.776. The fourth-order valence-corrected chi connectivity index (χ4v) is 13.0. The third-order valence-corrected chi connectivity index (χ3v) is 17.1. The van der Waals surface area contributed by atoms with Gasteiger partial charge in [-0.25, -0.2) is 21.6 Å². The summed E-state index contributed by atoms with van der Waals surface area (Å²) in [6.07, 6.45) is 6.17. The molecule has 2 fully saturated rings. The monoisotopic (exact) mass is 1140 g/mol. The van der Waals surface area contributed by atoms with E-state index in [1.165, 1.54) is 37.4 Å². The van der Waals surface area contributed by atoms with Gasteiger partial charge >= 0.3 is 6.03 Å². The van der Waals surface area contributed by atoms with Gasteiger partial charge in [-0.2, -0.15) is 11.8 Å². The van der Waals surface area contributed by atoms with Gasteiger partial charge in [-0.3, -0.25) is 24.6 Å². The first-order valence-corrected chi connectivity index (χ1v) is 30.1. The zero-order chi connectivity index (χ0) is 56.6. The summed E-state index contributed by atoms with van der Waals surface area (Å²) in [7, 11) is -9.09. The van der Waals surface area contributed by atoms with Crippen LogP contribution in [0.1, 0.15) is 93.5 Å². The highest BCUT2D eigenvalue weighted by Crippen LogP contribution is 2.45. The van der Waals surface area contributed by atoms with Crippen molar-refractivity contribution < 1.29 is 78.7 Å². The predicted octanol–water partition coefficient (Wildman–Crippen LogP) is 3.05. The largest absolute Gasteiger partial charge is 0.744 e. The molecule has 4 atom stereocenters. The molecule has 2 aromatic carbocycles. The third kappa shape index (κ3) is 16.5. The number of benzene rings is 3. The molecule has 0 radical (unpaired) electrons. The number of anilines is 1. The number of nitrogen functional groups attached to an aromatic ring is 1. The normalized spacial score (nSPS) is 16.9. The number of nitrogens with one attached hydrogen (secondary N) is 3. The first-order chi connectivity index (χ1) is 37.2. The van der Waals surface area contributed by atoms with Crippen LogP contribution in [0, 0.1) is 12.8 Å². The van der Waals surface area contributed by atoms with E-state index in [-0.39, 0.29) is 90.3 Å². The number of rotatable bonds is 34. The van der Waals surface area contributed by atoms with Crippen LogP contribution >= 0.6 is 11.8 Å². The highest BCUT2D eigenvalue weighted by atomic mass is 32.2. The van der Waals surface area contributed by atoms with Crippen LogP contribution in [0.2, 0.25) is 0 Å². The van der Waals surface area contributed by atoms with Crippen LogP contribution in [-0.4, -0.2) is 156 Å². The molecule has 0 spiro atoms. The van der Waals surface area contributed by atoms with Gasteiger partial charge in [0.15, 0.2) is 16.2 Å². The Morgan fingerprint density at radius 2 is 1.49 bits per heavy atom. The number of nitrogens with two attached hydrogens (primary N) is 2. The van der Waals surface area contributed by atoms with Crippen molar-refractivity contribution in [2.24, 2.45) is 5.92 Å². The number of fused-ring (bicyclic) bond motifs is 3. The Morgan fingerprint density at radius 1 is 0.833 bits per heavy atom. The van der Waals surface area contributed by atoms with Gasteiger partial charge in [0.1, 0.15) is 36.7 Å². The van der Waals surface area contributed by atoms with E-state index in [0.29, 0.717) is 94.5 Å². The molecule has 2 aromatic rings. The first kappa shape index (κ1) is 61.7. The van der Waals surface area contributed by atoms with Gasteiger partial charge < -0.3 is 59.1 Å². The molecule has 6 rings (SSSR count). The van der Waals surface area contributed by atoms with Crippen molar-refractivity contribution in [2.45, 2.75) is 112 Å². The Morgan fingerprint density at radius 3 is 2.14 bits per heavy atom. The average Bonchev–Trinajstić information content (AvgIpc) is 3.95. The number of Topliss-reactive ketones (excluding diaryl/α,β-unsaturated/α-hetero) is 2. The zero-order valence-corrected chi connectivity index (χ0v) is 46.7. The number of carbonyl (C=O) groups excluding carboxylic acids is 5. The molecule has 2 saturated heterocycles. The van der Waals surface area contributed by atoms with E-state index in [9.17, 15) is 49.9 Å². The maximum absolute atomic E-state index is 13.3. The van der Waals surface area contributed by atoms with Crippen molar-refractivity contribution in [1.29, 1.82) is 0 Å². The van der Waals surface area contributed by atoms with Crippen molar-refractivity contribution in [2.75, 3.05) is 84.5 Å². The van der Waals surface area contributed by atoms with Gasteiger partial charge in [0.25, 0.3) is 5.91 Å². The molecule has 3 heterocycles. The number of amides is 4. The molecule has 0 aromatic heterocycles. The summed E-state index contributed by atoms with van der Waals surface area (Å²) in [6, 6.07) is 10.3. The second-order valence-corrected chi connectivity index (χ2v) is 23.1. The lowest BCUT2D eigenvalue weighted by Crippen LogP contribution is -2.47. The van der Waals surface area contributed by atoms with Crippen molar-refractivity contribution >= 4 is 78.1 Å². The summed E-state index contributed by atoms with van der Waals surface area (Å²) in [5.41, 5.74) is 6.17. The number of ketones is 2. The van der Waals surface area contributed by atoms with Crippen molar-refractivity contribution in [3.05, 3.63) is 58.9 Å². The fourth-order valence-electron chi connectivity index (χ4n) is 9.94. The van der Waals surface area contributed by atoms with Gasteiger partial charge in [0, 0.05) is 97.5 Å². The van der Waals surface area contributed by atoms with Crippen LogP contribution in [0.25, 0.3) is 33.4 Å². The van der Waals surface area contributed by atoms with E-state index in [2.05, 4.69) is 16.0 Å². The van der Waals surface area contributed by atoms with Gasteiger partial charge in [0.2, 0.25) is 11.3 Å². The molecule has 22 nitrogen and oxygen atoms in total. The van der Waals surface area contributed by atoms with Crippen LogP contribution in [0.15, 0.2) is 56.7 Å². The molecule has 4 aliphatic rings. The van der Waals surface area contributed by atoms with Crippen LogP contribution in [0.4, 0.5) is 10.5 Å². The Bertz CT molecular complexity index is 3030. The number of aryl methyl sites for hydroxylation is 1. The molecule has 78 heavy (non-hydrogen) atoms. The maximum atomic E-state index is 13.3. The Balaban J connectivity index is 0.822. The van der Waals surface area contributed by atoms with E-state index in [1.807, 2.05) is 23.6 Å². The summed E-state index contributed by atoms with van der Waals surface area (Å²) < 4.78 is 102. The van der Waals surface area contributed by atoms with Gasteiger partial charge in [-0.15, -0.1) is 0 Å². The van der Waals surface area contributed by atoms with Crippen LogP contribution < -0.4 is 32.5 Å². The van der Waals surface area contributed by atoms with E-state index in [4.69, 9.17) is 34.5 Å². The molecule has 4 amide bonds. The minimum Gasteiger partial charge on any atom is -0.744 e. The Kier molecular flexibility index (Phi) is 23.0. The van der Waals surface area contributed by atoms with E-state index in [0.717, 1.165) is 31.6 Å². The molecule has 3 aliphatic heterocycles. The number of thioether (sulfide) groups is 1. The maximum Gasteiger partial charge on any atom is 0.318 e. The van der Waals surface area contributed by atoms with E-state index < -0.39 is 64.2 Å². The second kappa shape index (κ2) is 29.1. The molecule has 25 heteroatoms. The van der Waals surface area contributed by atoms with Crippen LogP contribution in [0.5, 0.6) is 0 Å². The highest BCUT2D eigenvalue weighted by molar-refractivity contribution is 8.00. The van der Waals surface area contributed by atoms with Gasteiger partial charge in [-0.05, 0) is 87.4 Å². The van der Waals surface area contributed by atoms with Gasteiger partial charge in [-0.1, -0.05) is 18.9 Å². The lowest BCUT2D eigenvalue weighted by atomic mass is 9.90. The smallest absolute Gasteiger partial charge is 0.318 e. The first-order valence-electron chi connectivity index (χ1n) is 26.2. The molecule has 0 bridgehead atoms. The lowest BCUT2D eigenvalue weighted by Gasteiger charge is -2.26. The lowest BCUT2D eigenvalue weighted by molar-refractivity contribution is -0.176. The quantitative estimate of drug-likeness (QED) is 0.0147. The summed E-state index contributed by atoms with van der Waals surface area (Å²) in [4.78, 5) is 63.3. The third-order valence-electron chi connectivity index (χ3n) is 13.8. The number of urea groups is 1. The number of unbranched alkanes of at least 4 members (excludes halogenated alkanes) is 2. The molecule has 428 valence electrons. The minimum atomic E-state index is -5.30. The average molecular weight is 1140 g/mol. The molecule has 1 aliphatic carbocycles. The Hall–Kier alpha value is -5.51. The molecular weight excluding hydrogens is 1070 g/mol. The number of hydrogen-bond acceptors (Lipinski definition) is 18. The molecular formula is C53H71N6O16S3-. The van der Waals surface area contributed by atoms with E-state index >= 15 is 0 Å².